The van der Waals surface area contributed by atoms with E-state index in [4.69, 9.17) is 0 Å². The predicted octanol–water partition coefficient (Wildman–Crippen LogP) is 0.928. The molecule has 0 bridgehead atoms. The molecule has 1 atom stereocenters. The Morgan fingerprint density at radius 3 is 2.62 bits per heavy atom. The summed E-state index contributed by atoms with van der Waals surface area (Å²) in [6.07, 6.45) is 0.678. The van der Waals surface area contributed by atoms with Crippen LogP contribution >= 0.6 is 0 Å². The van der Waals surface area contributed by atoms with E-state index < -0.39 is 15.1 Å². The van der Waals surface area contributed by atoms with Crippen molar-refractivity contribution in [2.45, 2.75) is 11.7 Å². The molecule has 0 radical (unpaired) electrons. The van der Waals surface area contributed by atoms with Crippen LogP contribution in [-0.4, -0.2) is 26.2 Å². The standard InChI is InChI=1S/C11H10O4S/c12-6-8-2-1-3-9(4-8)11-5-10(13)7-16(11,14)15/h1-4,6,11H,5,7H2/t11-/m0/s1. The van der Waals surface area contributed by atoms with Gasteiger partial charge in [-0.05, 0) is 11.6 Å². The summed E-state index contributed by atoms with van der Waals surface area (Å²) in [7, 11) is -3.38. The van der Waals surface area contributed by atoms with E-state index in [9.17, 15) is 18.0 Å². The van der Waals surface area contributed by atoms with Crippen molar-refractivity contribution in [3.8, 4) is 0 Å². The van der Waals surface area contributed by atoms with Gasteiger partial charge in [-0.25, -0.2) is 8.42 Å². The first kappa shape index (κ1) is 11.0. The molecule has 1 fully saturated rings. The number of hydrogen-bond donors (Lipinski definition) is 0. The predicted molar refractivity (Wildman–Crippen MR) is 58.0 cm³/mol. The van der Waals surface area contributed by atoms with Gasteiger partial charge in [0, 0.05) is 12.0 Å². The Morgan fingerprint density at radius 1 is 1.31 bits per heavy atom. The lowest BCUT2D eigenvalue weighted by Gasteiger charge is -2.08. The lowest BCUT2D eigenvalue weighted by atomic mass is 10.1. The summed E-state index contributed by atoms with van der Waals surface area (Å²) < 4.78 is 23.3. The molecule has 16 heavy (non-hydrogen) atoms. The highest BCUT2D eigenvalue weighted by molar-refractivity contribution is 7.92. The van der Waals surface area contributed by atoms with E-state index in [0.717, 1.165) is 0 Å². The number of hydrogen-bond acceptors (Lipinski definition) is 4. The monoisotopic (exact) mass is 238 g/mol. The first-order valence-electron chi connectivity index (χ1n) is 4.81. The Labute approximate surface area is 93.2 Å². The summed E-state index contributed by atoms with van der Waals surface area (Å²) in [6.45, 7) is 0. The number of carbonyl (C=O) groups excluding carboxylic acids is 2. The molecule has 0 amide bonds. The summed E-state index contributed by atoms with van der Waals surface area (Å²) in [5, 5.41) is -0.778. The van der Waals surface area contributed by atoms with Crippen molar-refractivity contribution >= 4 is 21.9 Å². The molecule has 0 unspecified atom stereocenters. The molecule has 1 heterocycles. The van der Waals surface area contributed by atoms with Gasteiger partial charge in [0.15, 0.2) is 9.84 Å². The van der Waals surface area contributed by atoms with Crippen LogP contribution in [-0.2, 0) is 14.6 Å². The molecule has 1 aromatic carbocycles. The molecule has 5 heteroatoms. The van der Waals surface area contributed by atoms with Gasteiger partial charge in [-0.3, -0.25) is 9.59 Å². The first-order chi connectivity index (χ1) is 7.53. The lowest BCUT2D eigenvalue weighted by molar-refractivity contribution is -0.116. The fraction of sp³-hybridized carbons (Fsp3) is 0.273. The molecule has 84 valence electrons. The van der Waals surface area contributed by atoms with Crippen LogP contribution in [0.3, 0.4) is 0 Å². The zero-order valence-corrected chi connectivity index (χ0v) is 9.24. The second-order valence-corrected chi connectivity index (χ2v) is 6.01. The highest BCUT2D eigenvalue weighted by atomic mass is 32.2. The van der Waals surface area contributed by atoms with Gasteiger partial charge < -0.3 is 0 Å². The second-order valence-electron chi connectivity index (χ2n) is 3.83. The van der Waals surface area contributed by atoms with Crippen LogP contribution in [0, 0.1) is 0 Å². The van der Waals surface area contributed by atoms with Crippen molar-refractivity contribution in [2.24, 2.45) is 0 Å². The number of benzene rings is 1. The van der Waals surface area contributed by atoms with Crippen molar-refractivity contribution in [2.75, 3.05) is 5.75 Å². The minimum Gasteiger partial charge on any atom is -0.299 e. The van der Waals surface area contributed by atoms with Crippen molar-refractivity contribution in [3.05, 3.63) is 35.4 Å². The topological polar surface area (TPSA) is 68.3 Å². The van der Waals surface area contributed by atoms with Gasteiger partial charge in [0.1, 0.15) is 17.8 Å². The molecule has 0 saturated carbocycles. The fourth-order valence-electron chi connectivity index (χ4n) is 1.88. The maximum Gasteiger partial charge on any atom is 0.164 e. The zero-order chi connectivity index (χ0) is 11.8. The summed E-state index contributed by atoms with van der Waals surface area (Å²) >= 11 is 0. The molecule has 4 nitrogen and oxygen atoms in total. The van der Waals surface area contributed by atoms with Gasteiger partial charge in [0.05, 0.1) is 5.25 Å². The molecule has 2 rings (SSSR count). The molecule has 1 aromatic rings. The van der Waals surface area contributed by atoms with Gasteiger partial charge in [0.25, 0.3) is 0 Å². The van der Waals surface area contributed by atoms with Crippen LogP contribution < -0.4 is 0 Å². The highest BCUT2D eigenvalue weighted by Gasteiger charge is 2.38. The number of rotatable bonds is 2. The molecule has 0 aliphatic carbocycles. The largest absolute Gasteiger partial charge is 0.299 e. The van der Waals surface area contributed by atoms with Gasteiger partial charge >= 0.3 is 0 Å². The van der Waals surface area contributed by atoms with Gasteiger partial charge in [-0.1, -0.05) is 18.2 Å². The number of sulfone groups is 1. The minimum absolute atomic E-state index is 0.0185. The average Bonchev–Trinajstić information content (AvgIpc) is 2.52. The van der Waals surface area contributed by atoms with E-state index in [1.165, 1.54) is 6.07 Å². The summed E-state index contributed by atoms with van der Waals surface area (Å²) in [5.74, 6) is -0.648. The zero-order valence-electron chi connectivity index (χ0n) is 8.42. The molecular formula is C11H10O4S. The Balaban J connectivity index is 2.45. The third-order valence-electron chi connectivity index (χ3n) is 2.63. The Morgan fingerprint density at radius 2 is 2.06 bits per heavy atom. The molecule has 1 saturated heterocycles. The number of aldehydes is 1. The van der Waals surface area contributed by atoms with Gasteiger partial charge in [-0.15, -0.1) is 0 Å². The Hall–Kier alpha value is -1.49. The van der Waals surface area contributed by atoms with Crippen molar-refractivity contribution in [3.63, 3.8) is 0 Å². The smallest absolute Gasteiger partial charge is 0.164 e. The van der Waals surface area contributed by atoms with Crippen LogP contribution in [0.15, 0.2) is 24.3 Å². The molecule has 0 N–H and O–H groups in total. The van der Waals surface area contributed by atoms with E-state index in [2.05, 4.69) is 0 Å². The SMILES string of the molecule is O=Cc1cccc([C@@H]2CC(=O)CS2(=O)=O)c1. The number of carbonyl (C=O) groups is 2. The van der Waals surface area contributed by atoms with Crippen LogP contribution in [0.1, 0.15) is 27.6 Å². The second kappa shape index (κ2) is 3.83. The van der Waals surface area contributed by atoms with E-state index in [1.807, 2.05) is 0 Å². The maximum absolute atomic E-state index is 11.7. The summed E-state index contributed by atoms with van der Waals surface area (Å²) in [6, 6.07) is 6.37. The molecule has 0 aromatic heterocycles. The molecule has 1 aliphatic heterocycles. The maximum atomic E-state index is 11.7. The van der Waals surface area contributed by atoms with E-state index in [0.29, 0.717) is 17.4 Å². The molecular weight excluding hydrogens is 228 g/mol. The van der Waals surface area contributed by atoms with Crippen LogP contribution in [0.4, 0.5) is 0 Å². The first-order valence-corrected chi connectivity index (χ1v) is 6.53. The van der Waals surface area contributed by atoms with E-state index in [1.54, 1.807) is 18.2 Å². The summed E-state index contributed by atoms with van der Waals surface area (Å²) in [5.41, 5.74) is 0.947. The number of ketones is 1. The highest BCUT2D eigenvalue weighted by Crippen LogP contribution is 2.32. The summed E-state index contributed by atoms with van der Waals surface area (Å²) in [4.78, 5) is 21.7. The van der Waals surface area contributed by atoms with E-state index in [-0.39, 0.29) is 18.0 Å². The quantitative estimate of drug-likeness (QED) is 0.719. The van der Waals surface area contributed by atoms with Crippen LogP contribution in [0.5, 0.6) is 0 Å². The van der Waals surface area contributed by atoms with Crippen molar-refractivity contribution < 1.29 is 18.0 Å². The Kier molecular flexibility index (Phi) is 2.63. The Bertz CT molecular complexity index is 545. The lowest BCUT2D eigenvalue weighted by Crippen LogP contribution is -2.08. The third kappa shape index (κ3) is 1.90. The normalized spacial score (nSPS) is 23.2. The van der Waals surface area contributed by atoms with Gasteiger partial charge in [0.2, 0.25) is 0 Å². The average molecular weight is 238 g/mol. The van der Waals surface area contributed by atoms with Crippen molar-refractivity contribution in [1.29, 1.82) is 0 Å². The molecule has 0 spiro atoms. The fourth-order valence-corrected chi connectivity index (χ4v) is 3.64. The molecule has 1 aliphatic rings. The third-order valence-corrected chi connectivity index (χ3v) is 4.66. The van der Waals surface area contributed by atoms with E-state index >= 15 is 0 Å². The van der Waals surface area contributed by atoms with Crippen LogP contribution in [0.2, 0.25) is 0 Å². The van der Waals surface area contributed by atoms with Gasteiger partial charge in [-0.2, -0.15) is 0 Å². The van der Waals surface area contributed by atoms with Crippen LogP contribution in [0.25, 0.3) is 0 Å². The number of Topliss-reactive ketones (excluding diaryl/α,β-unsaturated/α-hetero) is 1. The van der Waals surface area contributed by atoms with Crippen molar-refractivity contribution in [1.82, 2.24) is 0 Å². The minimum atomic E-state index is -3.38.